The fourth-order valence-corrected chi connectivity index (χ4v) is 9.22. The fourth-order valence-electron chi connectivity index (χ4n) is 9.22. The van der Waals surface area contributed by atoms with Gasteiger partial charge in [-0.05, 0) is 99.5 Å². The molecular formula is C52H37NO2. The van der Waals surface area contributed by atoms with Gasteiger partial charge in [0.2, 0.25) is 0 Å². The molecule has 3 nitrogen and oxygen atoms in total. The zero-order valence-corrected chi connectivity index (χ0v) is 30.5. The number of hydrogen-bond donors (Lipinski definition) is 0. The van der Waals surface area contributed by atoms with Crippen molar-refractivity contribution in [2.24, 2.45) is 0 Å². The van der Waals surface area contributed by atoms with E-state index in [-0.39, 0.29) is 5.41 Å². The van der Waals surface area contributed by atoms with Crippen LogP contribution in [0.25, 0.3) is 66.1 Å². The largest absolute Gasteiger partial charge is 0.456 e. The first kappa shape index (κ1) is 31.7. The monoisotopic (exact) mass is 707 g/mol. The fraction of sp³-hybridized carbons (Fsp3) is 0.0769. The van der Waals surface area contributed by atoms with Gasteiger partial charge in [-0.15, -0.1) is 0 Å². The van der Waals surface area contributed by atoms with Gasteiger partial charge in [-0.3, -0.25) is 0 Å². The minimum absolute atomic E-state index is 0.245. The van der Waals surface area contributed by atoms with Gasteiger partial charge in [0.25, 0.3) is 0 Å². The molecule has 1 aliphatic rings. The standard InChI is InChI=1S/C52H37NO2/c1-52(45-19-9-5-15-39(45)40-16-6-10-20-46(40)52)32-44-36(25-29-50-51(44)42-18-8-12-22-48(42)55-50)33-53(37-26-23-35(24-27-37)34-13-3-2-4-14-34)38-28-30-49-43(31-38)41-17-7-11-21-47(41)54-49/h2-31H,32-33H2,1H3. The van der Waals surface area contributed by atoms with Crippen molar-refractivity contribution < 1.29 is 8.83 Å². The normalized spacial score (nSPS) is 13.1. The van der Waals surface area contributed by atoms with Gasteiger partial charge in [-0.1, -0.05) is 140 Å². The quantitative estimate of drug-likeness (QED) is 0.165. The highest BCUT2D eigenvalue weighted by atomic mass is 16.3. The van der Waals surface area contributed by atoms with E-state index in [4.69, 9.17) is 8.83 Å². The van der Waals surface area contributed by atoms with Crippen molar-refractivity contribution in [3.8, 4) is 22.3 Å². The first-order chi connectivity index (χ1) is 27.1. The van der Waals surface area contributed by atoms with E-state index in [1.807, 2.05) is 12.1 Å². The lowest BCUT2D eigenvalue weighted by Gasteiger charge is -2.31. The summed E-state index contributed by atoms with van der Waals surface area (Å²) >= 11 is 0. The summed E-state index contributed by atoms with van der Waals surface area (Å²) < 4.78 is 12.9. The lowest BCUT2D eigenvalue weighted by Crippen LogP contribution is -2.26. The van der Waals surface area contributed by atoms with Crippen molar-refractivity contribution >= 4 is 55.3 Å². The molecule has 0 bridgehead atoms. The molecule has 11 rings (SSSR count). The predicted molar refractivity (Wildman–Crippen MR) is 227 cm³/mol. The van der Waals surface area contributed by atoms with E-state index >= 15 is 0 Å². The zero-order chi connectivity index (χ0) is 36.5. The van der Waals surface area contributed by atoms with Crippen LogP contribution in [0.15, 0.2) is 191 Å². The Hall–Kier alpha value is -6.84. The highest BCUT2D eigenvalue weighted by molar-refractivity contribution is 6.08. The molecule has 2 aromatic heterocycles. The topological polar surface area (TPSA) is 29.5 Å². The third kappa shape index (κ3) is 5.04. The number of nitrogens with zero attached hydrogens (tertiary/aromatic N) is 1. The highest BCUT2D eigenvalue weighted by Gasteiger charge is 2.40. The van der Waals surface area contributed by atoms with Crippen LogP contribution in [-0.2, 0) is 18.4 Å². The first-order valence-electron chi connectivity index (χ1n) is 19.1. The van der Waals surface area contributed by atoms with Gasteiger partial charge in [0, 0.05) is 44.9 Å². The average Bonchev–Trinajstić information content (AvgIpc) is 3.89. The Labute approximate surface area is 319 Å². The maximum Gasteiger partial charge on any atom is 0.135 e. The Morgan fingerprint density at radius 3 is 1.75 bits per heavy atom. The third-order valence-electron chi connectivity index (χ3n) is 11.9. The van der Waals surface area contributed by atoms with Crippen LogP contribution >= 0.6 is 0 Å². The SMILES string of the molecule is CC1(Cc2c(CN(c3ccc(-c4ccccc4)cc3)c3ccc4oc5ccccc5c4c3)ccc3oc4ccccc4c23)c2ccccc2-c2ccccc21. The maximum absolute atomic E-state index is 6.57. The molecule has 2 heterocycles. The minimum atomic E-state index is -0.245. The van der Waals surface area contributed by atoms with Crippen LogP contribution in [0.5, 0.6) is 0 Å². The van der Waals surface area contributed by atoms with Crippen LogP contribution in [0, 0.1) is 0 Å². The zero-order valence-electron chi connectivity index (χ0n) is 30.5. The van der Waals surface area contributed by atoms with Gasteiger partial charge in [0.1, 0.15) is 22.3 Å². The molecule has 55 heavy (non-hydrogen) atoms. The van der Waals surface area contributed by atoms with E-state index in [0.29, 0.717) is 6.54 Å². The van der Waals surface area contributed by atoms with Crippen molar-refractivity contribution in [3.05, 3.63) is 204 Å². The molecule has 0 radical (unpaired) electrons. The van der Waals surface area contributed by atoms with Crippen molar-refractivity contribution in [1.29, 1.82) is 0 Å². The van der Waals surface area contributed by atoms with Crippen LogP contribution in [-0.4, -0.2) is 0 Å². The van der Waals surface area contributed by atoms with Crippen LogP contribution in [0.4, 0.5) is 11.4 Å². The summed E-state index contributed by atoms with van der Waals surface area (Å²) in [4.78, 5) is 2.46. The Bertz CT molecular complexity index is 3010. The lowest BCUT2D eigenvalue weighted by molar-refractivity contribution is 0.581. The number of rotatable bonds is 7. The number of anilines is 2. The Kier molecular flexibility index (Phi) is 7.12. The lowest BCUT2D eigenvalue weighted by atomic mass is 9.74. The van der Waals surface area contributed by atoms with E-state index in [1.165, 1.54) is 49.9 Å². The second-order valence-corrected chi connectivity index (χ2v) is 15.1. The second kappa shape index (κ2) is 12.4. The average molecular weight is 708 g/mol. The molecule has 0 spiro atoms. The van der Waals surface area contributed by atoms with Crippen LogP contribution in [0.1, 0.15) is 29.2 Å². The third-order valence-corrected chi connectivity index (χ3v) is 11.9. The maximum atomic E-state index is 6.57. The van der Waals surface area contributed by atoms with Gasteiger partial charge >= 0.3 is 0 Å². The van der Waals surface area contributed by atoms with Gasteiger partial charge in [-0.25, -0.2) is 0 Å². The van der Waals surface area contributed by atoms with Crippen LogP contribution in [0.2, 0.25) is 0 Å². The molecule has 1 aliphatic carbocycles. The summed E-state index contributed by atoms with van der Waals surface area (Å²) in [6.45, 7) is 3.09. The van der Waals surface area contributed by atoms with Gasteiger partial charge in [0.15, 0.2) is 0 Å². The first-order valence-corrected chi connectivity index (χ1v) is 19.1. The van der Waals surface area contributed by atoms with Crippen molar-refractivity contribution in [1.82, 2.24) is 0 Å². The number of fused-ring (bicyclic) bond motifs is 9. The predicted octanol–water partition coefficient (Wildman–Crippen LogP) is 14.0. The molecule has 0 unspecified atom stereocenters. The Morgan fingerprint density at radius 2 is 1.00 bits per heavy atom. The van der Waals surface area contributed by atoms with Crippen LogP contribution in [0.3, 0.4) is 0 Å². The molecule has 0 N–H and O–H groups in total. The summed E-state index contributed by atoms with van der Waals surface area (Å²) in [6, 6.07) is 65.4. The smallest absolute Gasteiger partial charge is 0.135 e. The van der Waals surface area contributed by atoms with Gasteiger partial charge in [0.05, 0.1) is 0 Å². The molecule has 0 saturated heterocycles. The summed E-state index contributed by atoms with van der Waals surface area (Å²) in [5.41, 5.74) is 16.0. The molecule has 0 amide bonds. The van der Waals surface area contributed by atoms with Crippen molar-refractivity contribution in [2.75, 3.05) is 4.90 Å². The minimum Gasteiger partial charge on any atom is -0.456 e. The number of furan rings is 2. The number of para-hydroxylation sites is 2. The summed E-state index contributed by atoms with van der Waals surface area (Å²) in [5, 5.41) is 4.59. The molecule has 0 fully saturated rings. The van der Waals surface area contributed by atoms with E-state index in [1.54, 1.807) is 0 Å². The molecule has 8 aromatic carbocycles. The molecule has 262 valence electrons. The molecule has 0 atom stereocenters. The molecule has 0 saturated carbocycles. The highest BCUT2D eigenvalue weighted by Crippen LogP contribution is 2.52. The van der Waals surface area contributed by atoms with E-state index in [2.05, 4.69) is 182 Å². The number of hydrogen-bond acceptors (Lipinski definition) is 3. The Balaban J connectivity index is 1.11. The summed E-state index contributed by atoms with van der Waals surface area (Å²) in [5.74, 6) is 0. The molecule has 10 aromatic rings. The van der Waals surface area contributed by atoms with E-state index < -0.39 is 0 Å². The van der Waals surface area contributed by atoms with Gasteiger partial charge < -0.3 is 13.7 Å². The number of benzene rings is 8. The molecule has 0 aliphatic heterocycles. The van der Waals surface area contributed by atoms with Gasteiger partial charge in [-0.2, -0.15) is 0 Å². The van der Waals surface area contributed by atoms with Crippen LogP contribution < -0.4 is 4.90 Å². The van der Waals surface area contributed by atoms with Crippen molar-refractivity contribution in [3.63, 3.8) is 0 Å². The summed E-state index contributed by atoms with van der Waals surface area (Å²) in [6.07, 6.45) is 0.823. The Morgan fingerprint density at radius 1 is 0.455 bits per heavy atom. The molecular weight excluding hydrogens is 671 g/mol. The van der Waals surface area contributed by atoms with E-state index in [9.17, 15) is 0 Å². The summed E-state index contributed by atoms with van der Waals surface area (Å²) in [7, 11) is 0. The second-order valence-electron chi connectivity index (χ2n) is 15.1. The van der Waals surface area contributed by atoms with Crippen molar-refractivity contribution in [2.45, 2.75) is 25.3 Å². The van der Waals surface area contributed by atoms with E-state index in [0.717, 1.165) is 56.3 Å². The molecule has 3 heteroatoms.